The fraction of sp³-hybridized carbons (Fsp3) is 0.100. The van der Waals surface area contributed by atoms with Crippen LogP contribution in [0.3, 0.4) is 0 Å². The first-order valence-electron chi connectivity index (χ1n) is 3.87. The van der Waals surface area contributed by atoms with Crippen molar-refractivity contribution in [2.45, 2.75) is 6.92 Å². The summed E-state index contributed by atoms with van der Waals surface area (Å²) in [6.45, 7) is 2.14. The Morgan fingerprint density at radius 2 is 1.69 bits per heavy atom. The van der Waals surface area contributed by atoms with E-state index in [0.29, 0.717) is 0 Å². The van der Waals surface area contributed by atoms with E-state index < -0.39 is 0 Å². The number of benzene rings is 1. The molecule has 0 spiro atoms. The second kappa shape index (κ2) is 6.32. The van der Waals surface area contributed by atoms with Crippen molar-refractivity contribution in [3.05, 3.63) is 47.4 Å². The van der Waals surface area contributed by atoms with Crippen LogP contribution in [0.15, 0.2) is 30.3 Å². The Kier molecular flexibility index (Phi) is 5.77. The van der Waals surface area contributed by atoms with Crippen LogP contribution in [0.25, 0.3) is 6.08 Å². The molecule has 1 aliphatic carbocycles. The summed E-state index contributed by atoms with van der Waals surface area (Å²) in [7, 11) is 0. The Morgan fingerprint density at radius 3 is 2.31 bits per heavy atom. The van der Waals surface area contributed by atoms with E-state index in [1.165, 1.54) is 17.0 Å². The van der Waals surface area contributed by atoms with Gasteiger partial charge in [-0.15, -0.1) is 0 Å². The molecule has 0 aliphatic heterocycles. The molecule has 1 aromatic carbocycles. The van der Waals surface area contributed by atoms with Gasteiger partial charge in [0.05, 0.1) is 0 Å². The molecule has 0 N–H and O–H groups in total. The van der Waals surface area contributed by atoms with Crippen LogP contribution in [0, 0.1) is 5.92 Å². The average Bonchev–Trinajstić information content (AvgIpc) is 2.50. The monoisotopic (exact) mass is 377 g/mol. The third kappa shape index (κ3) is 3.45. The molecule has 0 aromatic heterocycles. The minimum atomic E-state index is -0.145. The van der Waals surface area contributed by atoms with Gasteiger partial charge in [0.25, 0.3) is 0 Å². The molecule has 0 amide bonds. The summed E-state index contributed by atoms with van der Waals surface area (Å²) >= 11 is 6.32. The topological polar surface area (TPSA) is 0 Å². The summed E-state index contributed by atoms with van der Waals surface area (Å²) in [6.07, 6.45) is 4.31. The molecule has 0 nitrogen and oxygen atoms in total. The molecule has 0 fully saturated rings. The van der Waals surface area contributed by atoms with Crippen molar-refractivity contribution < 1.29 is 18.5 Å². The fourth-order valence-corrected chi connectivity index (χ4v) is 1.31. The number of halogens is 2. The van der Waals surface area contributed by atoms with E-state index in [1.54, 1.807) is 0 Å². The second-order valence-electron chi connectivity index (χ2n) is 2.68. The fourth-order valence-electron chi connectivity index (χ4n) is 1.31. The molecule has 67 valence electrons. The van der Waals surface area contributed by atoms with Crippen molar-refractivity contribution in [2.75, 3.05) is 0 Å². The first kappa shape index (κ1) is 11.9. The van der Waals surface area contributed by atoms with Gasteiger partial charge in [0.15, 0.2) is 0 Å². The van der Waals surface area contributed by atoms with Gasteiger partial charge in [-0.2, -0.15) is 0 Å². The maximum absolute atomic E-state index is 3.23. The van der Waals surface area contributed by atoms with Crippen molar-refractivity contribution in [2.24, 2.45) is 0 Å². The standard InChI is InChI=1S/C10H9.2BrH.Zr/c1-8-6-7-9-4-2-3-5-10(8)9;;;/h2-7H,1H3;2*1H;/q;;;+2/p-2. The molecule has 0 heterocycles. The van der Waals surface area contributed by atoms with Gasteiger partial charge < -0.3 is 0 Å². The number of hydrogen-bond acceptors (Lipinski definition) is 0. The Labute approximate surface area is 102 Å². The number of allylic oxidation sites excluding steroid dienone is 1. The van der Waals surface area contributed by atoms with E-state index in [1.807, 2.05) is 0 Å². The van der Waals surface area contributed by atoms with E-state index in [-0.39, 0.29) is 18.5 Å². The molecule has 1 aromatic rings. The normalized spacial score (nSPS) is 13.2. The van der Waals surface area contributed by atoms with Gasteiger partial charge in [-0.1, -0.05) is 43.3 Å². The molecule has 0 atom stereocenters. The van der Waals surface area contributed by atoms with Crippen LogP contribution in [-0.2, 0) is 18.5 Å². The van der Waals surface area contributed by atoms with Crippen molar-refractivity contribution in [1.82, 2.24) is 0 Å². The Bertz CT molecular complexity index is 297. The molecular weight excluding hydrogens is 371 g/mol. The predicted octanol–water partition coefficient (Wildman–Crippen LogP) is 4.34. The van der Waals surface area contributed by atoms with Crippen LogP contribution < -0.4 is 0 Å². The second-order valence-corrected chi connectivity index (χ2v) is 14.0. The number of hydrogen-bond donors (Lipinski definition) is 0. The Balaban J connectivity index is 0.000000251. The molecule has 3 heteroatoms. The van der Waals surface area contributed by atoms with Gasteiger partial charge in [0.2, 0.25) is 0 Å². The van der Waals surface area contributed by atoms with Gasteiger partial charge >= 0.3 is 43.0 Å². The molecule has 13 heavy (non-hydrogen) atoms. The van der Waals surface area contributed by atoms with Crippen LogP contribution in [0.5, 0.6) is 0 Å². The van der Waals surface area contributed by atoms with E-state index in [4.69, 9.17) is 0 Å². The van der Waals surface area contributed by atoms with Crippen molar-refractivity contribution in [1.29, 1.82) is 0 Å². The SMILES string of the molecule is C[C]1C=Cc2ccccc21.[Br][Zr][Br]. The Morgan fingerprint density at radius 1 is 1.08 bits per heavy atom. The third-order valence-corrected chi connectivity index (χ3v) is 1.90. The zero-order chi connectivity index (χ0) is 9.68. The first-order valence-corrected chi connectivity index (χ1v) is 15.1. The van der Waals surface area contributed by atoms with Crippen LogP contribution in [0.2, 0.25) is 0 Å². The van der Waals surface area contributed by atoms with Crippen molar-refractivity contribution in [3.8, 4) is 0 Å². The van der Waals surface area contributed by atoms with Crippen LogP contribution in [-0.4, -0.2) is 0 Å². The van der Waals surface area contributed by atoms with E-state index in [2.05, 4.69) is 67.8 Å². The Hall–Kier alpha value is 0.803. The molecule has 0 bridgehead atoms. The minimum absolute atomic E-state index is 0.145. The molecule has 2 rings (SSSR count). The van der Waals surface area contributed by atoms with Gasteiger partial charge in [0, 0.05) is 5.92 Å². The summed E-state index contributed by atoms with van der Waals surface area (Å²) in [4.78, 5) is 0. The molecule has 1 radical (unpaired) electrons. The van der Waals surface area contributed by atoms with Crippen LogP contribution in [0.4, 0.5) is 0 Å². The average molecular weight is 380 g/mol. The summed E-state index contributed by atoms with van der Waals surface area (Å²) in [5, 5.41) is 0. The van der Waals surface area contributed by atoms with Crippen molar-refractivity contribution >= 4 is 30.5 Å². The third-order valence-electron chi connectivity index (χ3n) is 1.90. The summed E-state index contributed by atoms with van der Waals surface area (Å²) in [5.74, 6) is 1.37. The molecular formula is C10H9Br2Zr. The van der Waals surface area contributed by atoms with E-state index in [0.717, 1.165) is 0 Å². The van der Waals surface area contributed by atoms with Gasteiger partial charge in [-0.05, 0) is 11.1 Å². The molecule has 0 unspecified atom stereocenters. The van der Waals surface area contributed by atoms with Gasteiger partial charge in [0.1, 0.15) is 0 Å². The maximum atomic E-state index is 3.23. The van der Waals surface area contributed by atoms with Crippen LogP contribution in [0.1, 0.15) is 18.1 Å². The van der Waals surface area contributed by atoms with Gasteiger partial charge in [-0.25, -0.2) is 0 Å². The zero-order valence-electron chi connectivity index (χ0n) is 7.22. The first-order chi connectivity index (χ1) is 6.29. The quantitative estimate of drug-likeness (QED) is 0.628. The molecule has 0 saturated carbocycles. The van der Waals surface area contributed by atoms with Gasteiger partial charge in [-0.3, -0.25) is 0 Å². The summed E-state index contributed by atoms with van der Waals surface area (Å²) in [5.41, 5.74) is 2.72. The molecule has 0 saturated heterocycles. The molecule has 1 aliphatic rings. The van der Waals surface area contributed by atoms with E-state index >= 15 is 0 Å². The summed E-state index contributed by atoms with van der Waals surface area (Å²) < 4.78 is 0. The van der Waals surface area contributed by atoms with Crippen molar-refractivity contribution in [3.63, 3.8) is 0 Å². The predicted molar refractivity (Wildman–Crippen MR) is 61.3 cm³/mol. The summed E-state index contributed by atoms with van der Waals surface area (Å²) in [6, 6.07) is 8.45. The van der Waals surface area contributed by atoms with E-state index in [9.17, 15) is 0 Å². The zero-order valence-corrected chi connectivity index (χ0v) is 12.9. The number of fused-ring (bicyclic) bond motifs is 1. The van der Waals surface area contributed by atoms with Crippen LogP contribution >= 0.6 is 24.4 Å². The number of rotatable bonds is 0.